The van der Waals surface area contributed by atoms with E-state index in [9.17, 15) is 14.4 Å². The number of anilines is 1. The number of nitrogens with one attached hydrogen (secondary N) is 1. The van der Waals surface area contributed by atoms with Gasteiger partial charge in [-0.25, -0.2) is 0 Å². The molecule has 6 nitrogen and oxygen atoms in total. The van der Waals surface area contributed by atoms with Crippen molar-refractivity contribution in [2.45, 2.75) is 6.92 Å². The molecule has 1 amide bonds. The van der Waals surface area contributed by atoms with E-state index in [-0.39, 0.29) is 5.56 Å². The van der Waals surface area contributed by atoms with E-state index in [2.05, 4.69) is 4.98 Å². The molecule has 6 heteroatoms. The lowest BCUT2D eigenvalue weighted by molar-refractivity contribution is -0.135. The third kappa shape index (κ3) is 3.36. The number of para-hydroxylation sites is 1. The maximum Gasteiger partial charge on any atom is 0.323 e. The summed E-state index contributed by atoms with van der Waals surface area (Å²) in [4.78, 5) is 38.9. The van der Waals surface area contributed by atoms with E-state index in [1.54, 1.807) is 43.3 Å². The van der Waals surface area contributed by atoms with E-state index in [4.69, 9.17) is 5.11 Å². The molecular weight excluding hydrogens is 272 g/mol. The van der Waals surface area contributed by atoms with Crippen molar-refractivity contribution in [2.24, 2.45) is 0 Å². The Morgan fingerprint density at radius 1 is 1.14 bits per heavy atom. The molecule has 108 valence electrons. The highest BCUT2D eigenvalue weighted by atomic mass is 16.4. The van der Waals surface area contributed by atoms with Crippen LogP contribution >= 0.6 is 0 Å². The van der Waals surface area contributed by atoms with E-state index in [1.165, 1.54) is 6.07 Å². The van der Waals surface area contributed by atoms with Gasteiger partial charge in [-0.15, -0.1) is 0 Å². The van der Waals surface area contributed by atoms with Crippen LogP contribution < -0.4 is 10.5 Å². The summed E-state index contributed by atoms with van der Waals surface area (Å²) in [6.45, 7) is 1.18. The molecule has 0 radical (unpaired) electrons. The summed E-state index contributed by atoms with van der Waals surface area (Å²) >= 11 is 0. The number of carbonyl (C=O) groups is 2. The molecule has 0 fully saturated rings. The highest BCUT2D eigenvalue weighted by molar-refractivity contribution is 6.07. The Morgan fingerprint density at radius 2 is 1.81 bits per heavy atom. The van der Waals surface area contributed by atoms with Crippen molar-refractivity contribution >= 4 is 17.6 Å². The second kappa shape index (κ2) is 6.04. The maximum atomic E-state index is 12.5. The Kier molecular flexibility index (Phi) is 4.18. The van der Waals surface area contributed by atoms with E-state index < -0.39 is 24.0 Å². The molecule has 0 atom stereocenters. The SMILES string of the molecule is Cc1ccc(C(=O)N(CC(=O)O)c2ccccc2)c(=O)[nH]1. The van der Waals surface area contributed by atoms with Gasteiger partial charge in [0.25, 0.3) is 11.5 Å². The summed E-state index contributed by atoms with van der Waals surface area (Å²) in [5, 5.41) is 8.97. The largest absolute Gasteiger partial charge is 0.480 e. The van der Waals surface area contributed by atoms with E-state index >= 15 is 0 Å². The third-order valence-electron chi connectivity index (χ3n) is 2.89. The average Bonchev–Trinajstić information content (AvgIpc) is 2.45. The van der Waals surface area contributed by atoms with Crippen LogP contribution in [-0.4, -0.2) is 28.5 Å². The maximum absolute atomic E-state index is 12.5. The minimum atomic E-state index is -1.16. The normalized spacial score (nSPS) is 10.1. The van der Waals surface area contributed by atoms with E-state index in [0.29, 0.717) is 11.4 Å². The molecule has 2 rings (SSSR count). The molecule has 2 aromatic rings. The Balaban J connectivity index is 2.43. The van der Waals surface area contributed by atoms with Crippen molar-refractivity contribution in [1.29, 1.82) is 0 Å². The number of pyridine rings is 1. The molecule has 0 saturated carbocycles. The summed E-state index contributed by atoms with van der Waals surface area (Å²) in [5.41, 5.74) is 0.419. The van der Waals surface area contributed by atoms with Gasteiger partial charge >= 0.3 is 5.97 Å². The molecule has 0 aliphatic carbocycles. The summed E-state index contributed by atoms with van der Waals surface area (Å²) < 4.78 is 0. The molecule has 0 aliphatic heterocycles. The van der Waals surface area contributed by atoms with Crippen LogP contribution in [0.5, 0.6) is 0 Å². The second-order valence-corrected chi connectivity index (χ2v) is 4.50. The Hall–Kier alpha value is -2.89. The van der Waals surface area contributed by atoms with Crippen molar-refractivity contribution in [2.75, 3.05) is 11.4 Å². The predicted octanol–water partition coefficient (Wildman–Crippen LogP) is 1.41. The summed E-state index contributed by atoms with van der Waals surface area (Å²) in [6, 6.07) is 11.4. The van der Waals surface area contributed by atoms with Gasteiger partial charge in [-0.2, -0.15) is 0 Å². The number of benzene rings is 1. The molecule has 0 unspecified atom stereocenters. The fourth-order valence-electron chi connectivity index (χ4n) is 1.91. The van der Waals surface area contributed by atoms with Crippen LogP contribution in [-0.2, 0) is 4.79 Å². The average molecular weight is 286 g/mol. The van der Waals surface area contributed by atoms with Gasteiger partial charge in [-0.1, -0.05) is 18.2 Å². The number of hydrogen-bond donors (Lipinski definition) is 2. The van der Waals surface area contributed by atoms with E-state index in [0.717, 1.165) is 4.90 Å². The number of carbonyl (C=O) groups excluding carboxylic acids is 1. The number of aryl methyl sites for hydroxylation is 1. The lowest BCUT2D eigenvalue weighted by Crippen LogP contribution is -2.38. The monoisotopic (exact) mass is 286 g/mol. The Bertz CT molecular complexity index is 722. The summed E-state index contributed by atoms with van der Waals surface area (Å²) in [6.07, 6.45) is 0. The standard InChI is InChI=1S/C15H14N2O4/c1-10-7-8-12(14(20)16-10)15(21)17(9-13(18)19)11-5-3-2-4-6-11/h2-8H,9H2,1H3,(H,16,20)(H,18,19). The molecular formula is C15H14N2O4. The number of nitrogens with zero attached hydrogens (tertiary/aromatic N) is 1. The van der Waals surface area contributed by atoms with E-state index in [1.807, 2.05) is 0 Å². The fourth-order valence-corrected chi connectivity index (χ4v) is 1.91. The fraction of sp³-hybridized carbons (Fsp3) is 0.133. The zero-order chi connectivity index (χ0) is 15.4. The molecule has 0 bridgehead atoms. The lowest BCUT2D eigenvalue weighted by Gasteiger charge is -2.20. The van der Waals surface area contributed by atoms with Gasteiger partial charge < -0.3 is 10.1 Å². The molecule has 1 aromatic carbocycles. The molecule has 2 N–H and O–H groups in total. The van der Waals surface area contributed by atoms with Crippen LogP contribution in [0.2, 0.25) is 0 Å². The molecule has 1 aromatic heterocycles. The van der Waals surface area contributed by atoms with Gasteiger partial charge in [0.15, 0.2) is 0 Å². The molecule has 21 heavy (non-hydrogen) atoms. The number of carboxylic acids is 1. The molecule has 0 aliphatic rings. The van der Waals surface area contributed by atoms with Crippen molar-refractivity contribution in [1.82, 2.24) is 4.98 Å². The molecule has 0 saturated heterocycles. The minimum absolute atomic E-state index is 0.0919. The van der Waals surface area contributed by atoms with Gasteiger partial charge in [-0.05, 0) is 31.2 Å². The van der Waals surface area contributed by atoms with Crippen molar-refractivity contribution in [3.8, 4) is 0 Å². The number of carboxylic acid groups (broad SMARTS) is 1. The smallest absolute Gasteiger partial charge is 0.323 e. The highest BCUT2D eigenvalue weighted by Gasteiger charge is 2.22. The number of amides is 1. The van der Waals surface area contributed by atoms with Crippen molar-refractivity contribution < 1.29 is 14.7 Å². The van der Waals surface area contributed by atoms with Crippen molar-refractivity contribution in [3.63, 3.8) is 0 Å². The highest BCUT2D eigenvalue weighted by Crippen LogP contribution is 2.15. The lowest BCUT2D eigenvalue weighted by atomic mass is 10.2. The first-order valence-corrected chi connectivity index (χ1v) is 6.27. The first kappa shape index (κ1) is 14.5. The second-order valence-electron chi connectivity index (χ2n) is 4.50. The summed E-state index contributed by atoms with van der Waals surface area (Å²) in [7, 11) is 0. The van der Waals surface area contributed by atoms with Crippen LogP contribution in [0, 0.1) is 6.92 Å². The minimum Gasteiger partial charge on any atom is -0.480 e. The number of aromatic nitrogens is 1. The number of aromatic amines is 1. The van der Waals surface area contributed by atoms with Crippen LogP contribution in [0.3, 0.4) is 0 Å². The molecule has 1 heterocycles. The van der Waals surface area contributed by atoms with Gasteiger partial charge in [-0.3, -0.25) is 19.3 Å². The topological polar surface area (TPSA) is 90.5 Å². The number of aliphatic carboxylic acids is 1. The zero-order valence-electron chi connectivity index (χ0n) is 11.4. The van der Waals surface area contributed by atoms with Crippen LogP contribution in [0.4, 0.5) is 5.69 Å². The zero-order valence-corrected chi connectivity index (χ0v) is 11.4. The number of rotatable bonds is 4. The van der Waals surface area contributed by atoms with Gasteiger partial charge in [0.2, 0.25) is 0 Å². The Morgan fingerprint density at radius 3 is 2.38 bits per heavy atom. The van der Waals surface area contributed by atoms with Gasteiger partial charge in [0.1, 0.15) is 12.1 Å². The molecule has 0 spiro atoms. The van der Waals surface area contributed by atoms with Crippen LogP contribution in [0.15, 0.2) is 47.3 Å². The van der Waals surface area contributed by atoms with Gasteiger partial charge in [0.05, 0.1) is 0 Å². The first-order chi connectivity index (χ1) is 9.99. The van der Waals surface area contributed by atoms with Crippen molar-refractivity contribution in [3.05, 3.63) is 64.1 Å². The van der Waals surface area contributed by atoms with Crippen LogP contribution in [0.1, 0.15) is 16.1 Å². The van der Waals surface area contributed by atoms with Crippen LogP contribution in [0.25, 0.3) is 0 Å². The Labute approximate surface area is 120 Å². The quantitative estimate of drug-likeness (QED) is 0.889. The third-order valence-corrected chi connectivity index (χ3v) is 2.89. The number of hydrogen-bond acceptors (Lipinski definition) is 3. The van der Waals surface area contributed by atoms with Gasteiger partial charge in [0, 0.05) is 11.4 Å². The number of H-pyrrole nitrogens is 1. The first-order valence-electron chi connectivity index (χ1n) is 6.27. The predicted molar refractivity (Wildman–Crippen MR) is 77.6 cm³/mol. The summed E-state index contributed by atoms with van der Waals surface area (Å²) in [5.74, 6) is -1.81.